The third-order valence-electron chi connectivity index (χ3n) is 4.23. The van der Waals surface area contributed by atoms with Crippen LogP contribution in [0.5, 0.6) is 0 Å². The Morgan fingerprint density at radius 3 is 2.61 bits per heavy atom. The van der Waals surface area contributed by atoms with Crippen molar-refractivity contribution in [2.24, 2.45) is 5.10 Å². The zero-order valence-corrected chi connectivity index (χ0v) is 15.5. The summed E-state index contributed by atoms with van der Waals surface area (Å²) in [7, 11) is 0. The van der Waals surface area contributed by atoms with E-state index in [-0.39, 0.29) is 5.91 Å². The highest BCUT2D eigenvalue weighted by atomic mass is 35.5. The number of amides is 1. The smallest absolute Gasteiger partial charge is 0.271 e. The lowest BCUT2D eigenvalue weighted by Crippen LogP contribution is -2.18. The average molecular weight is 390 g/mol. The summed E-state index contributed by atoms with van der Waals surface area (Å²) < 4.78 is 2.04. The van der Waals surface area contributed by atoms with Crippen molar-refractivity contribution < 1.29 is 4.79 Å². The Morgan fingerprint density at radius 1 is 1.07 bits per heavy atom. The van der Waals surface area contributed by atoms with Gasteiger partial charge in [-0.1, -0.05) is 35.9 Å². The summed E-state index contributed by atoms with van der Waals surface area (Å²) in [6.45, 7) is 0.608. The predicted octanol–water partition coefficient (Wildman–Crippen LogP) is 3.90. The van der Waals surface area contributed by atoms with Crippen molar-refractivity contribution in [3.05, 3.63) is 95.0 Å². The zero-order valence-electron chi connectivity index (χ0n) is 14.8. The Morgan fingerprint density at radius 2 is 1.82 bits per heavy atom. The molecule has 138 valence electrons. The quantitative estimate of drug-likeness (QED) is 0.415. The predicted molar refractivity (Wildman–Crippen MR) is 110 cm³/mol. The van der Waals surface area contributed by atoms with Gasteiger partial charge >= 0.3 is 0 Å². The molecular formula is C21H16ClN5O. The van der Waals surface area contributed by atoms with Crippen molar-refractivity contribution in [1.82, 2.24) is 20.0 Å². The molecule has 6 nitrogen and oxygen atoms in total. The van der Waals surface area contributed by atoms with Gasteiger partial charge in [0.2, 0.25) is 0 Å². The molecule has 0 aliphatic carbocycles. The summed E-state index contributed by atoms with van der Waals surface area (Å²) >= 11 is 5.98. The molecule has 0 bridgehead atoms. The number of aromatic nitrogens is 3. The number of hydrazone groups is 1. The van der Waals surface area contributed by atoms with E-state index >= 15 is 0 Å². The van der Waals surface area contributed by atoms with Gasteiger partial charge in [-0.2, -0.15) is 5.10 Å². The van der Waals surface area contributed by atoms with Gasteiger partial charge in [0.05, 0.1) is 17.2 Å². The number of rotatable bonds is 5. The van der Waals surface area contributed by atoms with Gasteiger partial charge in [0, 0.05) is 29.5 Å². The van der Waals surface area contributed by atoms with E-state index in [1.165, 1.54) is 0 Å². The van der Waals surface area contributed by atoms with E-state index in [4.69, 9.17) is 11.6 Å². The molecule has 0 radical (unpaired) electrons. The number of hydrogen-bond acceptors (Lipinski definition) is 4. The molecule has 2 heterocycles. The monoisotopic (exact) mass is 389 g/mol. The van der Waals surface area contributed by atoms with E-state index in [2.05, 4.69) is 20.5 Å². The fourth-order valence-corrected chi connectivity index (χ4v) is 2.97. The van der Waals surface area contributed by atoms with Crippen molar-refractivity contribution in [3.8, 4) is 0 Å². The number of carbonyl (C=O) groups excluding carboxylic acids is 1. The Kier molecular flexibility index (Phi) is 5.12. The topological polar surface area (TPSA) is 72.2 Å². The standard InChI is InChI=1S/C21H16ClN5O/c22-17-7-5-15(6-8-17)14-27-19-4-2-1-3-18(19)25-20(27)13-24-26-21(28)16-9-11-23-12-10-16/h1-13H,14H2,(H,26,28)/b24-13+. The third kappa shape index (κ3) is 3.92. The maximum Gasteiger partial charge on any atom is 0.271 e. The van der Waals surface area contributed by atoms with Crippen LogP contribution >= 0.6 is 11.6 Å². The fraction of sp³-hybridized carbons (Fsp3) is 0.0476. The van der Waals surface area contributed by atoms with Crippen LogP contribution in [-0.4, -0.2) is 26.7 Å². The van der Waals surface area contributed by atoms with E-state index in [9.17, 15) is 4.79 Å². The molecule has 0 saturated carbocycles. The molecule has 28 heavy (non-hydrogen) atoms. The first kappa shape index (κ1) is 17.9. The summed E-state index contributed by atoms with van der Waals surface area (Å²) in [5, 5.41) is 4.77. The number of nitrogens with one attached hydrogen (secondary N) is 1. The number of pyridine rings is 1. The summed E-state index contributed by atoms with van der Waals surface area (Å²) in [6.07, 6.45) is 4.67. The number of para-hydroxylation sites is 2. The Labute approximate surface area is 166 Å². The number of fused-ring (bicyclic) bond motifs is 1. The minimum atomic E-state index is -0.306. The largest absolute Gasteiger partial charge is 0.319 e. The van der Waals surface area contributed by atoms with Gasteiger partial charge in [-0.15, -0.1) is 0 Å². The molecular weight excluding hydrogens is 374 g/mol. The van der Waals surface area contributed by atoms with Gasteiger partial charge in [0.1, 0.15) is 0 Å². The second-order valence-corrected chi connectivity index (χ2v) is 6.54. The van der Waals surface area contributed by atoms with E-state index in [1.807, 2.05) is 53.1 Å². The van der Waals surface area contributed by atoms with Crippen LogP contribution in [0.4, 0.5) is 0 Å². The maximum atomic E-state index is 12.1. The number of imidazole rings is 1. The van der Waals surface area contributed by atoms with E-state index in [0.29, 0.717) is 23.0 Å². The molecule has 0 fully saturated rings. The molecule has 0 spiro atoms. The zero-order chi connectivity index (χ0) is 19.3. The average Bonchev–Trinajstić information content (AvgIpc) is 3.07. The molecule has 2 aromatic carbocycles. The second-order valence-electron chi connectivity index (χ2n) is 6.11. The Balaban J connectivity index is 1.61. The number of nitrogens with zero attached hydrogens (tertiary/aromatic N) is 4. The molecule has 0 saturated heterocycles. The molecule has 7 heteroatoms. The molecule has 0 unspecified atom stereocenters. The summed E-state index contributed by atoms with van der Waals surface area (Å²) in [5.41, 5.74) is 5.94. The molecule has 1 amide bonds. The van der Waals surface area contributed by atoms with Gasteiger partial charge in [-0.05, 0) is 42.0 Å². The van der Waals surface area contributed by atoms with Crippen molar-refractivity contribution in [2.45, 2.75) is 6.54 Å². The van der Waals surface area contributed by atoms with Gasteiger partial charge in [-0.25, -0.2) is 10.4 Å². The van der Waals surface area contributed by atoms with E-state index in [0.717, 1.165) is 16.6 Å². The number of hydrogen-bond donors (Lipinski definition) is 1. The lowest BCUT2D eigenvalue weighted by atomic mass is 10.2. The molecule has 0 atom stereocenters. The highest BCUT2D eigenvalue weighted by molar-refractivity contribution is 6.30. The summed E-state index contributed by atoms with van der Waals surface area (Å²) in [6, 6.07) is 18.8. The third-order valence-corrected chi connectivity index (χ3v) is 4.48. The minimum absolute atomic E-state index is 0.306. The Bertz CT molecular complexity index is 1140. The SMILES string of the molecule is O=C(N/N=C/c1nc2ccccc2n1Cc1ccc(Cl)cc1)c1ccncc1. The number of halogens is 1. The van der Waals surface area contributed by atoms with Crippen molar-refractivity contribution in [2.75, 3.05) is 0 Å². The van der Waals surface area contributed by atoms with Gasteiger partial charge in [0.25, 0.3) is 5.91 Å². The van der Waals surface area contributed by atoms with Crippen LogP contribution < -0.4 is 5.43 Å². The lowest BCUT2D eigenvalue weighted by Gasteiger charge is -2.07. The van der Waals surface area contributed by atoms with E-state index < -0.39 is 0 Å². The molecule has 0 aliphatic heterocycles. The maximum absolute atomic E-state index is 12.1. The van der Waals surface area contributed by atoms with E-state index in [1.54, 1.807) is 30.7 Å². The van der Waals surface area contributed by atoms with Crippen LogP contribution in [0, 0.1) is 0 Å². The van der Waals surface area contributed by atoms with Crippen LogP contribution in [0.15, 0.2) is 78.2 Å². The highest BCUT2D eigenvalue weighted by Gasteiger charge is 2.10. The van der Waals surface area contributed by atoms with Crippen molar-refractivity contribution in [1.29, 1.82) is 0 Å². The molecule has 4 aromatic rings. The molecule has 1 N–H and O–H groups in total. The Hall–Kier alpha value is -3.51. The van der Waals surface area contributed by atoms with Crippen LogP contribution in [0.1, 0.15) is 21.7 Å². The van der Waals surface area contributed by atoms with Gasteiger partial charge < -0.3 is 4.57 Å². The minimum Gasteiger partial charge on any atom is -0.319 e. The summed E-state index contributed by atoms with van der Waals surface area (Å²) in [4.78, 5) is 20.6. The number of benzene rings is 2. The lowest BCUT2D eigenvalue weighted by molar-refractivity contribution is 0.0955. The van der Waals surface area contributed by atoms with Crippen LogP contribution in [0.3, 0.4) is 0 Å². The highest BCUT2D eigenvalue weighted by Crippen LogP contribution is 2.18. The normalized spacial score (nSPS) is 11.2. The van der Waals surface area contributed by atoms with Crippen molar-refractivity contribution in [3.63, 3.8) is 0 Å². The van der Waals surface area contributed by atoms with Crippen LogP contribution in [-0.2, 0) is 6.54 Å². The van der Waals surface area contributed by atoms with Crippen LogP contribution in [0.2, 0.25) is 5.02 Å². The molecule has 0 aliphatic rings. The van der Waals surface area contributed by atoms with Gasteiger partial charge in [0.15, 0.2) is 5.82 Å². The first-order valence-electron chi connectivity index (χ1n) is 8.64. The first-order valence-corrected chi connectivity index (χ1v) is 9.01. The van der Waals surface area contributed by atoms with Crippen LogP contribution in [0.25, 0.3) is 11.0 Å². The molecule has 4 rings (SSSR count). The summed E-state index contributed by atoms with van der Waals surface area (Å²) in [5.74, 6) is 0.338. The van der Waals surface area contributed by atoms with Gasteiger partial charge in [-0.3, -0.25) is 9.78 Å². The first-order chi connectivity index (χ1) is 13.7. The molecule has 2 aromatic heterocycles. The second kappa shape index (κ2) is 8.02. The van der Waals surface area contributed by atoms with Crippen molar-refractivity contribution >= 4 is 34.8 Å². The number of carbonyl (C=O) groups is 1. The fourth-order valence-electron chi connectivity index (χ4n) is 2.85.